The average Bonchev–Trinajstić information content (AvgIpc) is 3.91. The van der Waals surface area contributed by atoms with Crippen LogP contribution in [-0.4, -0.2) is 9.55 Å². The Bertz CT molecular complexity index is 3530. The van der Waals surface area contributed by atoms with E-state index in [1.807, 2.05) is 12.3 Å². The Morgan fingerprint density at radius 2 is 1.16 bits per heavy atom. The number of nitrogens with zero attached hydrogens (tertiary/aromatic N) is 4. The van der Waals surface area contributed by atoms with Crippen molar-refractivity contribution < 1.29 is 25.8 Å². The van der Waals surface area contributed by atoms with E-state index in [9.17, 15) is 0 Å². The molecule has 2 aromatic heterocycles. The number of aromatic nitrogens is 2. The van der Waals surface area contributed by atoms with Gasteiger partial charge >= 0.3 is 0 Å². The number of hydrogen-bond acceptors (Lipinski definition) is 4. The minimum Gasteiger partial charge on any atom is -0.509 e. The standard InChI is InChI=1S/C69H73N4O.Pt/c1-43(2)48-33-59(44(3)4)66(60(34-48)45(5)6)47-29-30-70-65(35-47)73-61-24-20-19-23-57(61)58-27-26-55(41-63(58)73)74-56-38-52(69(13,14)15)37-54(40-56)72-42-71(62-28-25-50(39-64(62)72)67(7,8)9)53-32-49(46-21-17-16-18-22-46)31-51(36-53)68(10,11)12;/h16-39,42-45H,1-15H3;/q-3;. The normalized spacial score (nSPS) is 13.1. The topological polar surface area (TPSA) is 33.5 Å². The summed E-state index contributed by atoms with van der Waals surface area (Å²) in [5.41, 5.74) is 18.5. The second-order valence-corrected chi connectivity index (χ2v) is 24.5. The van der Waals surface area contributed by atoms with Gasteiger partial charge in [0.2, 0.25) is 0 Å². The van der Waals surface area contributed by atoms with Crippen molar-refractivity contribution in [3.8, 4) is 39.6 Å². The van der Waals surface area contributed by atoms with Gasteiger partial charge in [-0.25, -0.2) is 4.98 Å². The Hall–Kier alpha value is -6.42. The summed E-state index contributed by atoms with van der Waals surface area (Å²) in [6.45, 7) is 36.6. The summed E-state index contributed by atoms with van der Waals surface area (Å²) in [4.78, 5) is 9.74. The van der Waals surface area contributed by atoms with Crippen LogP contribution in [0.3, 0.4) is 0 Å². The van der Waals surface area contributed by atoms with Gasteiger partial charge in [-0.3, -0.25) is 0 Å². The van der Waals surface area contributed by atoms with E-state index >= 15 is 0 Å². The number of para-hydroxylation sites is 1. The Kier molecular flexibility index (Phi) is 14.4. The monoisotopic (exact) mass is 1170 g/mol. The number of hydrogen-bond donors (Lipinski definition) is 0. The SMILES string of the molecule is CC(C)c1cc(C(C)C)c(-c2ccnc(-n3c4[c-]c(Oc5[c-]c(N6[CH-]N(c7cc(-c8ccccc8)cc(C(C)(C)C)c7)c7ccc(C(C)(C)C)cc76)cc(C(C)(C)C)c5)ccc4c4ccccc43)c2)c(C(C)C)c1.[Pt]. The molecule has 0 aliphatic carbocycles. The zero-order valence-corrected chi connectivity index (χ0v) is 49.0. The van der Waals surface area contributed by atoms with Crippen molar-refractivity contribution in [1.29, 1.82) is 0 Å². The molecule has 0 amide bonds. The zero-order valence-electron chi connectivity index (χ0n) is 46.7. The largest absolute Gasteiger partial charge is 0.509 e. The van der Waals surface area contributed by atoms with E-state index in [-0.39, 0.29) is 37.3 Å². The van der Waals surface area contributed by atoms with Gasteiger partial charge in [0.1, 0.15) is 5.82 Å². The van der Waals surface area contributed by atoms with E-state index in [1.54, 1.807) is 0 Å². The van der Waals surface area contributed by atoms with Gasteiger partial charge in [0.05, 0.1) is 0 Å². The van der Waals surface area contributed by atoms with Crippen molar-refractivity contribution in [1.82, 2.24) is 9.55 Å². The number of pyridine rings is 1. The molecule has 0 unspecified atom stereocenters. The van der Waals surface area contributed by atoms with E-state index in [0.29, 0.717) is 29.3 Å². The molecule has 0 fully saturated rings. The Morgan fingerprint density at radius 3 is 1.81 bits per heavy atom. The van der Waals surface area contributed by atoms with Gasteiger partial charge in [0.25, 0.3) is 0 Å². The molecule has 0 saturated carbocycles. The maximum atomic E-state index is 7.01. The van der Waals surface area contributed by atoms with Gasteiger partial charge in [0.15, 0.2) is 0 Å². The molecule has 3 heterocycles. The summed E-state index contributed by atoms with van der Waals surface area (Å²) in [6, 6.07) is 58.7. The van der Waals surface area contributed by atoms with Crippen molar-refractivity contribution in [2.75, 3.05) is 9.80 Å². The summed E-state index contributed by atoms with van der Waals surface area (Å²) in [5.74, 6) is 3.22. The molecule has 0 radical (unpaired) electrons. The van der Waals surface area contributed by atoms with Gasteiger partial charge in [-0.2, -0.15) is 6.07 Å². The van der Waals surface area contributed by atoms with Crippen LogP contribution in [0, 0.1) is 18.8 Å². The van der Waals surface area contributed by atoms with Gasteiger partial charge in [0, 0.05) is 61.3 Å². The van der Waals surface area contributed by atoms with Crippen molar-refractivity contribution in [3.63, 3.8) is 0 Å². The number of ether oxygens (including phenoxy) is 1. The van der Waals surface area contributed by atoms with Gasteiger partial charge in [-0.05, 0) is 132 Å². The average molecular weight is 1170 g/mol. The molecule has 0 atom stereocenters. The van der Waals surface area contributed by atoms with Crippen LogP contribution in [-0.2, 0) is 37.3 Å². The van der Waals surface area contributed by atoms with E-state index < -0.39 is 0 Å². The van der Waals surface area contributed by atoms with Crippen LogP contribution >= 0.6 is 0 Å². The van der Waals surface area contributed by atoms with Crippen molar-refractivity contribution in [2.45, 2.75) is 138 Å². The Balaban J connectivity index is 0.00000689. The Labute approximate surface area is 462 Å². The van der Waals surface area contributed by atoms with Crippen LogP contribution in [0.15, 0.2) is 146 Å². The predicted octanol–water partition coefficient (Wildman–Crippen LogP) is 19.6. The number of rotatable bonds is 10. The van der Waals surface area contributed by atoms with Crippen LogP contribution < -0.4 is 14.5 Å². The molecule has 1 aliphatic rings. The first kappa shape index (κ1) is 53.4. The molecule has 0 N–H and O–H groups in total. The molecular weight excluding hydrogens is 1100 g/mol. The summed E-state index contributed by atoms with van der Waals surface area (Å²) >= 11 is 0. The molecule has 7 aromatic carbocycles. The molecule has 75 heavy (non-hydrogen) atoms. The smallest absolute Gasteiger partial charge is 0.136 e. The van der Waals surface area contributed by atoms with Crippen molar-refractivity contribution >= 4 is 44.6 Å². The molecule has 5 nitrogen and oxygen atoms in total. The third kappa shape index (κ3) is 10.5. The van der Waals surface area contributed by atoms with Crippen LogP contribution in [0.5, 0.6) is 11.5 Å². The van der Waals surface area contributed by atoms with Crippen LogP contribution in [0.2, 0.25) is 0 Å². The molecular formula is C69H73N4OPt-3. The fraction of sp³-hybridized carbons (Fsp3) is 0.304. The van der Waals surface area contributed by atoms with Gasteiger partial charge in [-0.1, -0.05) is 182 Å². The van der Waals surface area contributed by atoms with Gasteiger partial charge in [-0.15, -0.1) is 53.6 Å². The van der Waals surface area contributed by atoms with Crippen molar-refractivity contribution in [3.05, 3.63) is 198 Å². The second-order valence-electron chi connectivity index (χ2n) is 24.5. The van der Waals surface area contributed by atoms with Crippen molar-refractivity contribution in [2.24, 2.45) is 0 Å². The zero-order chi connectivity index (χ0) is 52.6. The molecule has 10 rings (SSSR count). The molecule has 6 heteroatoms. The van der Waals surface area contributed by atoms with E-state index in [2.05, 4.69) is 270 Å². The minimum atomic E-state index is -0.195. The van der Waals surface area contributed by atoms with E-state index in [0.717, 1.165) is 55.9 Å². The fourth-order valence-electron chi connectivity index (χ4n) is 10.4. The molecule has 0 bridgehead atoms. The second kappa shape index (κ2) is 20.3. The summed E-state index contributed by atoms with van der Waals surface area (Å²) in [5, 5.41) is 2.23. The fourth-order valence-corrected chi connectivity index (χ4v) is 10.4. The van der Waals surface area contributed by atoms with Crippen LogP contribution in [0.4, 0.5) is 22.7 Å². The molecule has 1 aliphatic heterocycles. The van der Waals surface area contributed by atoms with Gasteiger partial charge < -0.3 is 19.1 Å². The first-order chi connectivity index (χ1) is 35.0. The minimum absolute atomic E-state index is 0. The number of fused-ring (bicyclic) bond motifs is 4. The third-order valence-electron chi connectivity index (χ3n) is 14.9. The van der Waals surface area contributed by atoms with E-state index in [4.69, 9.17) is 9.72 Å². The number of benzene rings is 7. The summed E-state index contributed by atoms with van der Waals surface area (Å²) in [6.07, 6.45) is 1.97. The first-order valence-corrected chi connectivity index (χ1v) is 26.7. The molecule has 0 spiro atoms. The maximum absolute atomic E-state index is 7.01. The summed E-state index contributed by atoms with van der Waals surface area (Å²) < 4.78 is 9.27. The first-order valence-electron chi connectivity index (χ1n) is 26.7. The predicted molar refractivity (Wildman–Crippen MR) is 313 cm³/mol. The third-order valence-corrected chi connectivity index (χ3v) is 14.9. The molecule has 0 saturated heterocycles. The maximum Gasteiger partial charge on any atom is 0.136 e. The molecule has 9 aromatic rings. The quantitative estimate of drug-likeness (QED) is 0.128. The van der Waals surface area contributed by atoms with Crippen LogP contribution in [0.1, 0.15) is 155 Å². The molecule has 388 valence electrons. The Morgan fingerprint density at radius 1 is 0.507 bits per heavy atom. The number of anilines is 4. The van der Waals surface area contributed by atoms with Crippen LogP contribution in [0.25, 0.3) is 49.9 Å². The summed E-state index contributed by atoms with van der Waals surface area (Å²) in [7, 11) is 0. The van der Waals surface area contributed by atoms with E-state index in [1.165, 1.54) is 50.1 Å².